The molecule has 0 spiro atoms. The van der Waals surface area contributed by atoms with Crippen molar-refractivity contribution in [2.75, 3.05) is 51.3 Å². The molecule has 1 N–H and O–H groups in total. The van der Waals surface area contributed by atoms with Gasteiger partial charge in [0.1, 0.15) is 24.2 Å². The second-order valence-corrected chi connectivity index (χ2v) is 6.99. The lowest BCUT2D eigenvalue weighted by atomic mass is 10.2. The Kier molecular flexibility index (Phi) is 7.34. The van der Waals surface area contributed by atoms with Gasteiger partial charge in [-0.1, -0.05) is 30.4 Å². The number of rotatable bonds is 8. The number of aliphatic hydroxyl groups is 1. The molecule has 0 bridgehead atoms. The van der Waals surface area contributed by atoms with Crippen LogP contribution in [0.5, 0.6) is 11.5 Å². The van der Waals surface area contributed by atoms with E-state index >= 15 is 0 Å². The Morgan fingerprint density at radius 3 is 2.50 bits per heavy atom. The van der Waals surface area contributed by atoms with Crippen molar-refractivity contribution in [1.82, 2.24) is 4.90 Å². The number of nitrogens with zero attached hydrogens (tertiary/aromatic N) is 2. The fourth-order valence-corrected chi connectivity index (χ4v) is 3.47. The molecular formula is C23H30N2O3. The highest BCUT2D eigenvalue weighted by Crippen LogP contribution is 2.26. The Morgan fingerprint density at radius 2 is 1.82 bits per heavy atom. The minimum Gasteiger partial charge on any atom is -0.496 e. The van der Waals surface area contributed by atoms with Crippen molar-refractivity contribution in [1.29, 1.82) is 0 Å². The summed E-state index contributed by atoms with van der Waals surface area (Å²) in [7, 11) is 1.65. The summed E-state index contributed by atoms with van der Waals surface area (Å²) in [5.41, 5.74) is 2.27. The normalized spacial score (nSPS) is 16.3. The standard InChI is InChI=1S/C23H30N2O3/c1-3-7-19-10-11-22(16-23(19)27-2)28-18-21(26)17-24-12-14-25(15-13-24)20-8-5-4-6-9-20/h3-11,16,21,26H,12-15,17-18H2,1-2H3/b7-3+. The largest absolute Gasteiger partial charge is 0.496 e. The second kappa shape index (κ2) is 10.2. The number of benzene rings is 2. The highest BCUT2D eigenvalue weighted by Gasteiger charge is 2.19. The van der Waals surface area contributed by atoms with Gasteiger partial charge in [0.05, 0.1) is 7.11 Å². The number of aliphatic hydroxyl groups excluding tert-OH is 1. The van der Waals surface area contributed by atoms with E-state index in [9.17, 15) is 5.11 Å². The quantitative estimate of drug-likeness (QED) is 0.759. The third-order valence-corrected chi connectivity index (χ3v) is 4.96. The molecule has 3 rings (SSSR count). The lowest BCUT2D eigenvalue weighted by Crippen LogP contribution is -2.49. The van der Waals surface area contributed by atoms with Gasteiger partial charge in [0.2, 0.25) is 0 Å². The Balaban J connectivity index is 1.44. The summed E-state index contributed by atoms with van der Waals surface area (Å²) in [6.45, 7) is 6.69. The molecule has 0 aromatic heterocycles. The lowest BCUT2D eigenvalue weighted by molar-refractivity contribution is 0.0662. The van der Waals surface area contributed by atoms with E-state index in [0.717, 1.165) is 37.5 Å². The molecule has 1 unspecified atom stereocenters. The SMILES string of the molecule is C/C=C/c1ccc(OCC(O)CN2CCN(c3ccccc3)CC2)cc1OC. The molecule has 1 aliphatic rings. The topological polar surface area (TPSA) is 45.2 Å². The summed E-state index contributed by atoms with van der Waals surface area (Å²) in [5.74, 6) is 1.47. The molecule has 1 aliphatic heterocycles. The average molecular weight is 383 g/mol. The van der Waals surface area contributed by atoms with Crippen molar-refractivity contribution in [3.8, 4) is 11.5 Å². The van der Waals surface area contributed by atoms with Gasteiger partial charge in [0.15, 0.2) is 0 Å². The molecule has 28 heavy (non-hydrogen) atoms. The van der Waals surface area contributed by atoms with Crippen LogP contribution in [-0.2, 0) is 0 Å². The molecule has 5 heteroatoms. The number of para-hydroxylation sites is 1. The van der Waals surface area contributed by atoms with Gasteiger partial charge in [0.25, 0.3) is 0 Å². The Labute approximate surface area is 167 Å². The van der Waals surface area contributed by atoms with Crippen LogP contribution in [-0.4, -0.2) is 62.6 Å². The van der Waals surface area contributed by atoms with E-state index in [1.165, 1.54) is 5.69 Å². The average Bonchev–Trinajstić information content (AvgIpc) is 2.74. The van der Waals surface area contributed by atoms with Crippen molar-refractivity contribution in [2.45, 2.75) is 13.0 Å². The lowest BCUT2D eigenvalue weighted by Gasteiger charge is -2.36. The number of piperazine rings is 1. The van der Waals surface area contributed by atoms with Crippen molar-refractivity contribution in [3.63, 3.8) is 0 Å². The van der Waals surface area contributed by atoms with Crippen molar-refractivity contribution < 1.29 is 14.6 Å². The first-order valence-corrected chi connectivity index (χ1v) is 9.83. The number of methoxy groups -OCH3 is 1. The Morgan fingerprint density at radius 1 is 1.07 bits per heavy atom. The van der Waals surface area contributed by atoms with Crippen LogP contribution >= 0.6 is 0 Å². The predicted octanol–water partition coefficient (Wildman–Crippen LogP) is 3.29. The number of hydrogen-bond acceptors (Lipinski definition) is 5. The van der Waals surface area contributed by atoms with Crippen LogP contribution in [0.4, 0.5) is 5.69 Å². The summed E-state index contributed by atoms with van der Waals surface area (Å²) in [6.07, 6.45) is 3.44. The van der Waals surface area contributed by atoms with E-state index in [4.69, 9.17) is 9.47 Å². The van der Waals surface area contributed by atoms with E-state index in [-0.39, 0.29) is 6.61 Å². The van der Waals surface area contributed by atoms with Gasteiger partial charge in [-0.3, -0.25) is 4.90 Å². The number of anilines is 1. The second-order valence-electron chi connectivity index (χ2n) is 6.99. The summed E-state index contributed by atoms with van der Waals surface area (Å²) in [5, 5.41) is 10.4. The van der Waals surface area contributed by atoms with Crippen molar-refractivity contribution >= 4 is 11.8 Å². The van der Waals surface area contributed by atoms with Gasteiger partial charge in [-0.15, -0.1) is 0 Å². The summed E-state index contributed by atoms with van der Waals surface area (Å²) < 4.78 is 11.2. The molecule has 2 aromatic rings. The minimum atomic E-state index is -0.524. The molecule has 0 radical (unpaired) electrons. The van der Waals surface area contributed by atoms with Crippen LogP contribution in [0.25, 0.3) is 6.08 Å². The molecule has 1 saturated heterocycles. The van der Waals surface area contributed by atoms with E-state index in [0.29, 0.717) is 12.3 Å². The number of ether oxygens (including phenoxy) is 2. The van der Waals surface area contributed by atoms with Gasteiger partial charge in [-0.25, -0.2) is 0 Å². The van der Waals surface area contributed by atoms with Crippen LogP contribution in [0.1, 0.15) is 12.5 Å². The molecule has 2 aromatic carbocycles. The monoisotopic (exact) mass is 382 g/mol. The molecular weight excluding hydrogens is 352 g/mol. The Hall–Kier alpha value is -2.50. The van der Waals surface area contributed by atoms with Gasteiger partial charge in [-0.05, 0) is 31.2 Å². The van der Waals surface area contributed by atoms with Crippen LogP contribution in [0.15, 0.2) is 54.6 Å². The maximum atomic E-state index is 10.4. The van der Waals surface area contributed by atoms with Crippen molar-refractivity contribution in [2.24, 2.45) is 0 Å². The zero-order valence-corrected chi connectivity index (χ0v) is 16.8. The van der Waals surface area contributed by atoms with Crippen LogP contribution in [0.2, 0.25) is 0 Å². The fourth-order valence-electron chi connectivity index (χ4n) is 3.47. The molecule has 0 saturated carbocycles. The van der Waals surface area contributed by atoms with Crippen LogP contribution in [0, 0.1) is 0 Å². The zero-order chi connectivity index (χ0) is 19.8. The Bertz CT molecular complexity index is 756. The third-order valence-electron chi connectivity index (χ3n) is 4.96. The highest BCUT2D eigenvalue weighted by molar-refractivity contribution is 5.59. The van der Waals surface area contributed by atoms with Gasteiger partial charge in [-0.2, -0.15) is 0 Å². The number of β-amino-alcohol motifs (C(OH)–C–C–N with tert-alkyl or cyclic N) is 1. The maximum absolute atomic E-state index is 10.4. The highest BCUT2D eigenvalue weighted by atomic mass is 16.5. The number of allylic oxidation sites excluding steroid dienone is 1. The zero-order valence-electron chi connectivity index (χ0n) is 16.8. The predicted molar refractivity (Wildman–Crippen MR) is 114 cm³/mol. The van der Waals surface area contributed by atoms with Gasteiger partial charge in [0, 0.05) is 50.0 Å². The molecule has 1 atom stereocenters. The molecule has 5 nitrogen and oxygen atoms in total. The third kappa shape index (κ3) is 5.50. The van der Waals surface area contributed by atoms with E-state index in [2.05, 4.69) is 34.1 Å². The van der Waals surface area contributed by atoms with Crippen molar-refractivity contribution in [3.05, 3.63) is 60.2 Å². The smallest absolute Gasteiger partial charge is 0.129 e. The number of hydrogen-bond donors (Lipinski definition) is 1. The van der Waals surface area contributed by atoms with E-state index in [1.54, 1.807) is 7.11 Å². The molecule has 150 valence electrons. The van der Waals surface area contributed by atoms with Gasteiger partial charge >= 0.3 is 0 Å². The molecule has 1 fully saturated rings. The van der Waals surface area contributed by atoms with Crippen LogP contribution in [0.3, 0.4) is 0 Å². The molecule has 1 heterocycles. The van der Waals surface area contributed by atoms with E-state index < -0.39 is 6.10 Å². The fraction of sp³-hybridized carbons (Fsp3) is 0.391. The first-order chi connectivity index (χ1) is 13.7. The maximum Gasteiger partial charge on any atom is 0.129 e. The summed E-state index contributed by atoms with van der Waals surface area (Å²) >= 11 is 0. The first-order valence-electron chi connectivity index (χ1n) is 9.83. The van der Waals surface area contributed by atoms with Gasteiger partial charge < -0.3 is 19.5 Å². The molecule has 0 aliphatic carbocycles. The molecule has 0 amide bonds. The summed E-state index contributed by atoms with van der Waals surface area (Å²) in [6, 6.07) is 16.2. The van der Waals surface area contributed by atoms with E-state index in [1.807, 2.05) is 43.3 Å². The first kappa shape index (κ1) is 20.2. The van der Waals surface area contributed by atoms with Crippen LogP contribution < -0.4 is 14.4 Å². The summed E-state index contributed by atoms with van der Waals surface area (Å²) in [4.78, 5) is 4.68. The minimum absolute atomic E-state index is 0.269.